The molecule has 1 N–H and O–H groups in total. The summed E-state index contributed by atoms with van der Waals surface area (Å²) in [4.78, 5) is 0.991. The van der Waals surface area contributed by atoms with E-state index < -0.39 is 0 Å². The van der Waals surface area contributed by atoms with Gasteiger partial charge in [0.1, 0.15) is 6.07 Å². The van der Waals surface area contributed by atoms with Gasteiger partial charge in [0, 0.05) is 16.3 Å². The van der Waals surface area contributed by atoms with E-state index in [2.05, 4.69) is 11.5 Å². The first-order valence-corrected chi connectivity index (χ1v) is 6.89. The van der Waals surface area contributed by atoms with Crippen LogP contribution >= 0.6 is 11.8 Å². The normalized spacial score (nSPS) is 10.1. The average Bonchev–Trinajstić information content (AvgIpc) is 2.70. The molecule has 0 saturated carbocycles. The Labute approximate surface area is 111 Å². The minimum Gasteiger partial charge on any atom is -0.293 e. The van der Waals surface area contributed by atoms with E-state index in [4.69, 9.17) is 0 Å². The lowest BCUT2D eigenvalue weighted by Crippen LogP contribution is -2.13. The van der Waals surface area contributed by atoms with Gasteiger partial charge < -0.3 is 0 Å². The lowest BCUT2D eigenvalue weighted by atomic mass is 10.2. The van der Waals surface area contributed by atoms with E-state index in [1.165, 1.54) is 0 Å². The zero-order valence-corrected chi connectivity index (χ0v) is 11.5. The van der Waals surface area contributed by atoms with Crippen molar-refractivity contribution in [1.82, 2.24) is 4.68 Å². The largest absolute Gasteiger partial charge is 0.293 e. The van der Waals surface area contributed by atoms with Gasteiger partial charge in [0.15, 0.2) is 0 Å². The first-order chi connectivity index (χ1) is 8.67. The van der Waals surface area contributed by atoms with E-state index in [-0.39, 0.29) is 0 Å². The highest BCUT2D eigenvalue weighted by atomic mass is 32.2. The highest BCUT2D eigenvalue weighted by Gasteiger charge is 2.09. The quantitative estimate of drug-likeness (QED) is 0.854. The van der Waals surface area contributed by atoms with E-state index in [9.17, 15) is 5.26 Å². The average molecular weight is 257 g/mol. The van der Waals surface area contributed by atoms with Gasteiger partial charge in [-0.1, -0.05) is 6.07 Å². The molecule has 0 atom stereocenters. The zero-order chi connectivity index (χ0) is 13.1. The van der Waals surface area contributed by atoms with Crippen LogP contribution in [0.4, 0.5) is 5.69 Å². The van der Waals surface area contributed by atoms with Gasteiger partial charge in [-0.25, -0.2) is 0 Å². The Balaban J connectivity index is 2.44. The number of hydrogen-bond acceptors (Lipinski definition) is 3. The topological polar surface area (TPSA) is 40.8 Å². The van der Waals surface area contributed by atoms with Crippen LogP contribution < -0.4 is 5.43 Å². The number of thioether (sulfide) groups is 1. The van der Waals surface area contributed by atoms with E-state index in [1.807, 2.05) is 55.1 Å². The first kappa shape index (κ1) is 12.6. The van der Waals surface area contributed by atoms with E-state index in [0.717, 1.165) is 22.0 Å². The summed E-state index contributed by atoms with van der Waals surface area (Å²) in [5.41, 5.74) is 7.06. The smallest absolute Gasteiger partial charge is 0.103 e. The van der Waals surface area contributed by atoms with Crippen molar-refractivity contribution in [3.8, 4) is 6.07 Å². The molecule has 0 aliphatic heterocycles. The van der Waals surface area contributed by atoms with Crippen LogP contribution in [-0.4, -0.2) is 10.9 Å². The van der Waals surface area contributed by atoms with Crippen LogP contribution in [0.15, 0.2) is 35.2 Å². The Bertz CT molecular complexity index is 588. The van der Waals surface area contributed by atoms with Gasteiger partial charge in [-0.3, -0.25) is 10.1 Å². The fourth-order valence-electron chi connectivity index (χ4n) is 1.87. The minimum absolute atomic E-state index is 0.692. The first-order valence-electron chi connectivity index (χ1n) is 5.66. The monoisotopic (exact) mass is 257 g/mol. The molecule has 2 rings (SSSR count). The number of nitriles is 1. The van der Waals surface area contributed by atoms with Crippen molar-refractivity contribution >= 4 is 17.4 Å². The van der Waals surface area contributed by atoms with Crippen molar-refractivity contribution in [1.29, 1.82) is 5.26 Å². The second-order valence-corrected chi connectivity index (χ2v) is 4.91. The number of anilines is 1. The lowest BCUT2D eigenvalue weighted by Gasteiger charge is -2.15. The molecule has 1 aromatic heterocycles. The Morgan fingerprint density at radius 1 is 1.17 bits per heavy atom. The Morgan fingerprint density at radius 3 is 2.39 bits per heavy atom. The number of nitrogens with zero attached hydrogens (tertiary/aromatic N) is 2. The fraction of sp³-hybridized carbons (Fsp3) is 0.214. The molecule has 18 heavy (non-hydrogen) atoms. The summed E-state index contributed by atoms with van der Waals surface area (Å²) in [7, 11) is 0. The van der Waals surface area contributed by atoms with Gasteiger partial charge in [-0.15, -0.1) is 11.8 Å². The number of nitrogens with one attached hydrogen (secondary N) is 1. The molecular weight excluding hydrogens is 242 g/mol. The van der Waals surface area contributed by atoms with E-state index >= 15 is 0 Å². The highest BCUT2D eigenvalue weighted by molar-refractivity contribution is 7.98. The maximum atomic E-state index is 9.29. The molecule has 0 spiro atoms. The zero-order valence-electron chi connectivity index (χ0n) is 10.7. The standard InChI is InChI=1S/C14H15N3S/c1-10-7-8-11(2)17(10)16-13-5-4-6-14(18-3)12(13)9-15/h4-8,16H,1-3H3. The fourth-order valence-corrected chi connectivity index (χ4v) is 2.45. The maximum Gasteiger partial charge on any atom is 0.103 e. The second-order valence-electron chi connectivity index (χ2n) is 4.06. The van der Waals surface area contributed by atoms with Crippen LogP contribution in [0.2, 0.25) is 0 Å². The van der Waals surface area contributed by atoms with Crippen molar-refractivity contribution in [3.05, 3.63) is 47.3 Å². The molecule has 0 unspecified atom stereocenters. The molecule has 92 valence electrons. The molecule has 0 saturated heterocycles. The van der Waals surface area contributed by atoms with E-state index in [1.54, 1.807) is 11.8 Å². The Kier molecular flexibility index (Phi) is 3.63. The lowest BCUT2D eigenvalue weighted by molar-refractivity contribution is 0.879. The van der Waals surface area contributed by atoms with Gasteiger partial charge in [-0.05, 0) is 44.4 Å². The highest BCUT2D eigenvalue weighted by Crippen LogP contribution is 2.26. The third-order valence-electron chi connectivity index (χ3n) is 2.86. The van der Waals surface area contributed by atoms with Crippen molar-refractivity contribution in [2.45, 2.75) is 18.7 Å². The molecule has 0 amide bonds. The SMILES string of the molecule is CSc1cccc(Nn2c(C)ccc2C)c1C#N. The summed E-state index contributed by atoms with van der Waals surface area (Å²) in [6.45, 7) is 4.06. The number of rotatable bonds is 3. The van der Waals surface area contributed by atoms with E-state index in [0.29, 0.717) is 5.56 Å². The van der Waals surface area contributed by atoms with Crippen LogP contribution in [0.3, 0.4) is 0 Å². The van der Waals surface area contributed by atoms with Gasteiger partial charge in [0.05, 0.1) is 11.3 Å². The molecule has 0 fully saturated rings. The molecule has 4 heteroatoms. The van der Waals surface area contributed by atoms with Crippen LogP contribution in [0.25, 0.3) is 0 Å². The Hall–Kier alpha value is -1.86. The van der Waals surface area contributed by atoms with Gasteiger partial charge >= 0.3 is 0 Å². The number of hydrogen-bond donors (Lipinski definition) is 1. The summed E-state index contributed by atoms with van der Waals surface area (Å²) in [6.07, 6.45) is 1.98. The molecule has 0 bridgehead atoms. The molecule has 0 radical (unpaired) electrons. The van der Waals surface area contributed by atoms with Crippen LogP contribution in [-0.2, 0) is 0 Å². The molecule has 2 aromatic rings. The molecule has 0 aliphatic carbocycles. The molecule has 1 heterocycles. The molecular formula is C14H15N3S. The second kappa shape index (κ2) is 5.19. The number of aromatic nitrogens is 1. The number of aryl methyl sites for hydroxylation is 2. The summed E-state index contributed by atoms with van der Waals surface area (Å²) >= 11 is 1.58. The van der Waals surface area contributed by atoms with Gasteiger partial charge in [-0.2, -0.15) is 5.26 Å². The summed E-state index contributed by atoms with van der Waals surface area (Å²) < 4.78 is 1.99. The summed E-state index contributed by atoms with van der Waals surface area (Å²) in [5.74, 6) is 0. The van der Waals surface area contributed by atoms with Gasteiger partial charge in [0.25, 0.3) is 0 Å². The predicted molar refractivity (Wildman–Crippen MR) is 75.9 cm³/mol. The van der Waals surface area contributed by atoms with Crippen molar-refractivity contribution in [2.24, 2.45) is 0 Å². The third-order valence-corrected chi connectivity index (χ3v) is 3.64. The summed E-state index contributed by atoms with van der Waals surface area (Å²) in [5, 5.41) is 9.29. The predicted octanol–water partition coefficient (Wildman–Crippen LogP) is 3.57. The molecule has 3 nitrogen and oxygen atoms in total. The van der Waals surface area contributed by atoms with Crippen molar-refractivity contribution in [3.63, 3.8) is 0 Å². The maximum absolute atomic E-state index is 9.29. The van der Waals surface area contributed by atoms with Crippen LogP contribution in [0.5, 0.6) is 0 Å². The van der Waals surface area contributed by atoms with Crippen molar-refractivity contribution < 1.29 is 0 Å². The van der Waals surface area contributed by atoms with Crippen LogP contribution in [0.1, 0.15) is 17.0 Å². The Morgan fingerprint density at radius 2 is 1.83 bits per heavy atom. The molecule has 1 aromatic carbocycles. The van der Waals surface area contributed by atoms with Crippen LogP contribution in [0, 0.1) is 25.2 Å². The van der Waals surface area contributed by atoms with Gasteiger partial charge in [0.2, 0.25) is 0 Å². The third kappa shape index (κ3) is 2.22. The number of benzene rings is 1. The van der Waals surface area contributed by atoms with Crippen molar-refractivity contribution in [2.75, 3.05) is 11.7 Å². The minimum atomic E-state index is 0.692. The summed E-state index contributed by atoms with van der Waals surface area (Å²) in [6, 6.07) is 12.2. The molecule has 0 aliphatic rings.